The summed E-state index contributed by atoms with van der Waals surface area (Å²) in [6, 6.07) is 9.07. The van der Waals surface area contributed by atoms with Gasteiger partial charge in [-0.1, -0.05) is 11.3 Å². The van der Waals surface area contributed by atoms with Gasteiger partial charge in [0.25, 0.3) is 0 Å². The van der Waals surface area contributed by atoms with Gasteiger partial charge >= 0.3 is 0 Å². The summed E-state index contributed by atoms with van der Waals surface area (Å²) < 4.78 is 28.2. The predicted octanol–water partition coefficient (Wildman–Crippen LogP) is 3.64. The summed E-state index contributed by atoms with van der Waals surface area (Å²) in [5.74, 6) is -1.95. The van der Waals surface area contributed by atoms with Gasteiger partial charge in [-0.25, -0.2) is 13.5 Å². The van der Waals surface area contributed by atoms with Crippen LogP contribution in [-0.4, -0.2) is 21.3 Å². The number of halogens is 2. The van der Waals surface area contributed by atoms with E-state index < -0.39 is 11.6 Å². The Hall–Kier alpha value is -2.89. The number of aromatic nitrogens is 3. The fourth-order valence-corrected chi connectivity index (χ4v) is 2.32. The predicted molar refractivity (Wildman–Crippen MR) is 81.6 cm³/mol. The van der Waals surface area contributed by atoms with Crippen LogP contribution in [0.3, 0.4) is 0 Å². The minimum absolute atomic E-state index is 0.0641. The molecule has 0 aliphatic carbocycles. The van der Waals surface area contributed by atoms with Crippen LogP contribution in [-0.2, 0) is 0 Å². The number of hydrogen-bond acceptors (Lipinski definition) is 3. The van der Waals surface area contributed by atoms with Crippen molar-refractivity contribution < 1.29 is 13.6 Å². The Morgan fingerprint density at radius 1 is 1.00 bits per heavy atom. The normalized spacial score (nSPS) is 10.8. The average molecular weight is 313 g/mol. The lowest BCUT2D eigenvalue weighted by atomic mass is 10.1. The van der Waals surface area contributed by atoms with Crippen molar-refractivity contribution in [2.75, 3.05) is 0 Å². The van der Waals surface area contributed by atoms with Crippen molar-refractivity contribution in [2.45, 2.75) is 13.8 Å². The summed E-state index contributed by atoms with van der Waals surface area (Å²) in [6.45, 7) is 3.93. The molecule has 0 spiro atoms. The maximum absolute atomic E-state index is 13.5. The van der Waals surface area contributed by atoms with Gasteiger partial charge in [0.15, 0.2) is 23.6 Å². The number of hydrogen-bond donors (Lipinski definition) is 0. The van der Waals surface area contributed by atoms with E-state index in [1.165, 1.54) is 10.7 Å². The molecule has 0 aliphatic heterocycles. The van der Waals surface area contributed by atoms with Crippen LogP contribution in [0.25, 0.3) is 16.9 Å². The zero-order valence-corrected chi connectivity index (χ0v) is 12.5. The molecule has 0 unspecified atom stereocenters. The van der Waals surface area contributed by atoms with E-state index in [1.54, 1.807) is 0 Å². The van der Waals surface area contributed by atoms with Gasteiger partial charge in [0.05, 0.1) is 5.69 Å². The average Bonchev–Trinajstić information content (AvgIpc) is 2.96. The molecular formula is C17H13F2N3O. The molecule has 0 amide bonds. The molecule has 4 nitrogen and oxygen atoms in total. The standard InChI is InChI=1S/C17H13F2N3O/c1-10-3-5-13(7-11(10)2)22-17(16(9-23)20-21-22)12-4-6-14(18)15(19)8-12/h3-9H,1-2H3. The Morgan fingerprint density at radius 3 is 2.43 bits per heavy atom. The Morgan fingerprint density at radius 2 is 1.78 bits per heavy atom. The quantitative estimate of drug-likeness (QED) is 0.694. The van der Waals surface area contributed by atoms with E-state index in [-0.39, 0.29) is 5.69 Å². The molecule has 0 radical (unpaired) electrons. The molecule has 0 N–H and O–H groups in total. The summed E-state index contributed by atoms with van der Waals surface area (Å²) >= 11 is 0. The van der Waals surface area contributed by atoms with Crippen molar-refractivity contribution >= 4 is 6.29 Å². The minimum atomic E-state index is -0.993. The molecule has 2 aromatic carbocycles. The topological polar surface area (TPSA) is 47.8 Å². The highest BCUT2D eigenvalue weighted by Gasteiger charge is 2.17. The highest BCUT2D eigenvalue weighted by molar-refractivity contribution is 5.84. The molecule has 0 saturated heterocycles. The lowest BCUT2D eigenvalue weighted by Crippen LogP contribution is -2.01. The highest BCUT2D eigenvalue weighted by atomic mass is 19.2. The van der Waals surface area contributed by atoms with Crippen molar-refractivity contribution in [3.8, 4) is 16.9 Å². The Labute approximate surface area is 131 Å². The molecule has 0 fully saturated rings. The zero-order chi connectivity index (χ0) is 16.6. The molecule has 0 bridgehead atoms. The number of benzene rings is 2. The molecule has 6 heteroatoms. The van der Waals surface area contributed by atoms with Crippen LogP contribution in [0.1, 0.15) is 21.6 Å². The van der Waals surface area contributed by atoms with E-state index >= 15 is 0 Å². The number of aldehydes is 1. The second-order valence-corrected chi connectivity index (χ2v) is 5.25. The molecule has 3 aromatic rings. The van der Waals surface area contributed by atoms with Crippen molar-refractivity contribution in [1.82, 2.24) is 15.0 Å². The Kier molecular flexibility index (Phi) is 3.73. The first-order valence-corrected chi connectivity index (χ1v) is 6.95. The molecule has 0 atom stereocenters. The van der Waals surface area contributed by atoms with Crippen molar-refractivity contribution in [2.24, 2.45) is 0 Å². The SMILES string of the molecule is Cc1ccc(-n2nnc(C=O)c2-c2ccc(F)c(F)c2)cc1C. The van der Waals surface area contributed by atoms with Crippen LogP contribution in [0, 0.1) is 25.5 Å². The van der Waals surface area contributed by atoms with Gasteiger partial charge in [0, 0.05) is 5.56 Å². The van der Waals surface area contributed by atoms with Crippen LogP contribution < -0.4 is 0 Å². The first-order chi connectivity index (χ1) is 11.0. The highest BCUT2D eigenvalue weighted by Crippen LogP contribution is 2.26. The van der Waals surface area contributed by atoms with Gasteiger partial charge in [-0.2, -0.15) is 0 Å². The van der Waals surface area contributed by atoms with Gasteiger partial charge in [0.1, 0.15) is 5.69 Å². The third-order valence-corrected chi connectivity index (χ3v) is 3.74. The van der Waals surface area contributed by atoms with Crippen LogP contribution in [0.15, 0.2) is 36.4 Å². The minimum Gasteiger partial charge on any atom is -0.296 e. The van der Waals surface area contributed by atoms with E-state index in [0.717, 1.165) is 23.3 Å². The number of carbonyl (C=O) groups excluding carboxylic acids is 1. The van der Waals surface area contributed by atoms with E-state index in [2.05, 4.69) is 10.3 Å². The second kappa shape index (κ2) is 5.72. The van der Waals surface area contributed by atoms with E-state index in [0.29, 0.717) is 23.2 Å². The van der Waals surface area contributed by atoms with E-state index in [1.807, 2.05) is 32.0 Å². The van der Waals surface area contributed by atoms with Gasteiger partial charge in [-0.15, -0.1) is 5.10 Å². The molecule has 116 valence electrons. The fraction of sp³-hybridized carbons (Fsp3) is 0.118. The molecular weight excluding hydrogens is 300 g/mol. The fourth-order valence-electron chi connectivity index (χ4n) is 2.32. The molecule has 0 aliphatic rings. The lowest BCUT2D eigenvalue weighted by molar-refractivity contribution is 0.111. The first-order valence-electron chi connectivity index (χ1n) is 6.95. The van der Waals surface area contributed by atoms with Crippen molar-refractivity contribution in [3.05, 3.63) is 64.9 Å². The summed E-state index contributed by atoms with van der Waals surface area (Å²) in [5.41, 5.74) is 3.56. The third-order valence-electron chi connectivity index (χ3n) is 3.74. The van der Waals surface area contributed by atoms with Crippen LogP contribution in [0.4, 0.5) is 8.78 Å². The molecule has 1 heterocycles. The van der Waals surface area contributed by atoms with Crippen LogP contribution in [0.5, 0.6) is 0 Å². The van der Waals surface area contributed by atoms with Crippen molar-refractivity contribution in [1.29, 1.82) is 0 Å². The number of aryl methyl sites for hydroxylation is 2. The summed E-state index contributed by atoms with van der Waals surface area (Å²) in [7, 11) is 0. The summed E-state index contributed by atoms with van der Waals surface area (Å²) in [4.78, 5) is 11.2. The largest absolute Gasteiger partial charge is 0.296 e. The Balaban J connectivity index is 2.23. The Bertz CT molecular complexity index is 903. The van der Waals surface area contributed by atoms with E-state index in [4.69, 9.17) is 0 Å². The van der Waals surface area contributed by atoms with Gasteiger partial charge in [0.2, 0.25) is 0 Å². The molecule has 3 rings (SSSR count). The van der Waals surface area contributed by atoms with Gasteiger partial charge < -0.3 is 0 Å². The number of nitrogens with zero attached hydrogens (tertiary/aromatic N) is 3. The van der Waals surface area contributed by atoms with Crippen LogP contribution >= 0.6 is 0 Å². The zero-order valence-electron chi connectivity index (χ0n) is 12.5. The van der Waals surface area contributed by atoms with Crippen LogP contribution in [0.2, 0.25) is 0 Å². The van der Waals surface area contributed by atoms with Gasteiger partial charge in [-0.05, 0) is 55.3 Å². The summed E-state index contributed by atoms with van der Waals surface area (Å²) in [5, 5.41) is 7.80. The number of rotatable bonds is 3. The van der Waals surface area contributed by atoms with Crippen molar-refractivity contribution in [3.63, 3.8) is 0 Å². The summed E-state index contributed by atoms with van der Waals surface area (Å²) in [6.07, 6.45) is 0.543. The van der Waals surface area contributed by atoms with Gasteiger partial charge in [-0.3, -0.25) is 4.79 Å². The molecule has 23 heavy (non-hydrogen) atoms. The maximum Gasteiger partial charge on any atom is 0.172 e. The monoisotopic (exact) mass is 313 g/mol. The number of carbonyl (C=O) groups is 1. The molecule has 1 aromatic heterocycles. The maximum atomic E-state index is 13.5. The van der Waals surface area contributed by atoms with E-state index in [9.17, 15) is 13.6 Å². The second-order valence-electron chi connectivity index (χ2n) is 5.25. The first kappa shape index (κ1) is 15.0. The third kappa shape index (κ3) is 2.63. The molecule has 0 saturated carbocycles. The lowest BCUT2D eigenvalue weighted by Gasteiger charge is -2.09. The smallest absolute Gasteiger partial charge is 0.172 e.